The van der Waals surface area contributed by atoms with E-state index >= 15 is 0 Å². The molecule has 2 aromatic carbocycles. The van der Waals surface area contributed by atoms with Crippen LogP contribution in [0.25, 0.3) is 15.9 Å². The van der Waals surface area contributed by atoms with Crippen LogP contribution in [0.2, 0.25) is 0 Å². The molecule has 0 saturated carbocycles. The number of anilines is 1. The van der Waals surface area contributed by atoms with Gasteiger partial charge in [-0.05, 0) is 54.6 Å². The highest BCUT2D eigenvalue weighted by Gasteiger charge is 2.19. The monoisotopic (exact) mass is 465 g/mol. The first-order valence-corrected chi connectivity index (χ1v) is 11.0. The fraction of sp³-hybridized carbons (Fsp3) is 0.208. The molecule has 0 bridgehead atoms. The van der Waals surface area contributed by atoms with E-state index < -0.39 is 17.2 Å². The Hall–Kier alpha value is -3.85. The lowest BCUT2D eigenvalue weighted by atomic mass is 10.1. The minimum Gasteiger partial charge on any atom is -0.497 e. The molecule has 2 aromatic heterocycles. The van der Waals surface area contributed by atoms with Crippen molar-refractivity contribution in [2.75, 3.05) is 19.5 Å². The molecule has 33 heavy (non-hydrogen) atoms. The van der Waals surface area contributed by atoms with Crippen molar-refractivity contribution >= 4 is 33.1 Å². The Morgan fingerprint density at radius 3 is 2.55 bits per heavy atom. The molecule has 4 aromatic rings. The van der Waals surface area contributed by atoms with Gasteiger partial charge in [0.25, 0.3) is 5.56 Å². The van der Waals surface area contributed by atoms with Gasteiger partial charge in [-0.2, -0.15) is 0 Å². The molecule has 170 valence electrons. The van der Waals surface area contributed by atoms with Gasteiger partial charge in [-0.15, -0.1) is 11.3 Å². The standard InChI is InChI=1S/C24H23N3O5S/c1-14-5-6-15(2)19(11-14)27-23(29)22-18(9-10-33-22)26(24(27)30)13-21(28)25-17-12-16(31-3)7-8-20(17)32-4/h5-12H,13H2,1-4H3,(H,25,28). The zero-order valence-corrected chi connectivity index (χ0v) is 19.5. The second-order valence-electron chi connectivity index (χ2n) is 7.55. The third-order valence-electron chi connectivity index (χ3n) is 5.34. The minimum absolute atomic E-state index is 0.280. The normalized spacial score (nSPS) is 10.9. The average molecular weight is 466 g/mol. The summed E-state index contributed by atoms with van der Waals surface area (Å²) in [6.45, 7) is 3.45. The van der Waals surface area contributed by atoms with E-state index in [0.29, 0.717) is 33.1 Å². The highest BCUT2D eigenvalue weighted by Crippen LogP contribution is 2.29. The van der Waals surface area contributed by atoms with E-state index in [0.717, 1.165) is 15.7 Å². The molecular weight excluding hydrogens is 442 g/mol. The summed E-state index contributed by atoms with van der Waals surface area (Å²) in [5.74, 6) is 0.562. The molecule has 1 amide bonds. The number of amides is 1. The summed E-state index contributed by atoms with van der Waals surface area (Å²) in [6, 6.07) is 12.3. The molecule has 0 aliphatic heterocycles. The average Bonchev–Trinajstić information content (AvgIpc) is 3.29. The molecule has 0 fully saturated rings. The van der Waals surface area contributed by atoms with E-state index in [-0.39, 0.29) is 6.54 Å². The third kappa shape index (κ3) is 4.14. The van der Waals surface area contributed by atoms with Crippen LogP contribution < -0.4 is 26.0 Å². The number of fused-ring (bicyclic) bond motifs is 1. The SMILES string of the molecule is COc1ccc(OC)c(NC(=O)Cn2c(=O)n(-c3cc(C)ccc3C)c(=O)c3sccc32)c1. The lowest BCUT2D eigenvalue weighted by molar-refractivity contribution is -0.116. The van der Waals surface area contributed by atoms with Crippen molar-refractivity contribution in [1.82, 2.24) is 9.13 Å². The largest absolute Gasteiger partial charge is 0.497 e. The summed E-state index contributed by atoms with van der Waals surface area (Å²) in [5, 5.41) is 4.51. The smallest absolute Gasteiger partial charge is 0.336 e. The lowest BCUT2D eigenvalue weighted by Gasteiger charge is -2.15. The zero-order valence-electron chi connectivity index (χ0n) is 18.7. The predicted octanol–water partition coefficient (Wildman–Crippen LogP) is 3.49. The number of thiophene rings is 1. The van der Waals surface area contributed by atoms with Crippen molar-refractivity contribution < 1.29 is 14.3 Å². The van der Waals surface area contributed by atoms with Crippen molar-refractivity contribution in [2.45, 2.75) is 20.4 Å². The highest BCUT2D eigenvalue weighted by atomic mass is 32.1. The van der Waals surface area contributed by atoms with E-state index in [4.69, 9.17) is 9.47 Å². The molecule has 0 aliphatic rings. The molecule has 0 spiro atoms. The van der Waals surface area contributed by atoms with Gasteiger partial charge in [0, 0.05) is 6.07 Å². The van der Waals surface area contributed by atoms with Crippen LogP contribution in [0, 0.1) is 13.8 Å². The quantitative estimate of drug-likeness (QED) is 0.471. The molecule has 0 unspecified atom stereocenters. The van der Waals surface area contributed by atoms with Gasteiger partial charge in [-0.3, -0.25) is 14.2 Å². The number of carbonyl (C=O) groups excluding carboxylic acids is 1. The number of ether oxygens (including phenoxy) is 2. The maximum absolute atomic E-state index is 13.5. The van der Waals surface area contributed by atoms with Crippen LogP contribution in [0.15, 0.2) is 57.4 Å². The summed E-state index contributed by atoms with van der Waals surface area (Å²) in [5.41, 5.74) is 2.07. The summed E-state index contributed by atoms with van der Waals surface area (Å²) in [6.07, 6.45) is 0. The van der Waals surface area contributed by atoms with Crippen molar-refractivity contribution in [1.29, 1.82) is 0 Å². The van der Waals surface area contributed by atoms with E-state index in [2.05, 4.69) is 5.32 Å². The fourth-order valence-corrected chi connectivity index (χ4v) is 4.48. The summed E-state index contributed by atoms with van der Waals surface area (Å²) >= 11 is 1.24. The number of carbonyl (C=O) groups is 1. The first-order chi connectivity index (χ1) is 15.8. The van der Waals surface area contributed by atoms with Crippen LogP contribution in [0.5, 0.6) is 11.5 Å². The van der Waals surface area contributed by atoms with E-state index in [9.17, 15) is 14.4 Å². The Labute approximate surface area is 193 Å². The van der Waals surface area contributed by atoms with Crippen molar-refractivity contribution in [2.24, 2.45) is 0 Å². The van der Waals surface area contributed by atoms with Gasteiger partial charge in [-0.1, -0.05) is 12.1 Å². The highest BCUT2D eigenvalue weighted by molar-refractivity contribution is 7.17. The van der Waals surface area contributed by atoms with Crippen molar-refractivity contribution in [3.63, 3.8) is 0 Å². The first-order valence-electron chi connectivity index (χ1n) is 10.2. The van der Waals surface area contributed by atoms with Crippen LogP contribution in [0.4, 0.5) is 5.69 Å². The van der Waals surface area contributed by atoms with Gasteiger partial charge in [0.2, 0.25) is 5.91 Å². The molecule has 8 nitrogen and oxygen atoms in total. The van der Waals surface area contributed by atoms with Crippen LogP contribution in [0.1, 0.15) is 11.1 Å². The Kier molecular flexibility index (Phi) is 6.06. The molecular formula is C24H23N3O5S. The lowest BCUT2D eigenvalue weighted by Crippen LogP contribution is -2.40. The van der Waals surface area contributed by atoms with Crippen molar-refractivity contribution in [3.05, 3.63) is 79.8 Å². The van der Waals surface area contributed by atoms with E-state index in [1.165, 1.54) is 30.1 Å². The Morgan fingerprint density at radius 2 is 1.82 bits per heavy atom. The van der Waals surface area contributed by atoms with Gasteiger partial charge in [-0.25, -0.2) is 9.36 Å². The van der Waals surface area contributed by atoms with E-state index in [1.807, 2.05) is 26.0 Å². The number of hydrogen-bond donors (Lipinski definition) is 1. The summed E-state index contributed by atoms with van der Waals surface area (Å²) in [4.78, 5) is 39.6. The number of nitrogens with one attached hydrogen (secondary N) is 1. The predicted molar refractivity (Wildman–Crippen MR) is 129 cm³/mol. The second-order valence-corrected chi connectivity index (χ2v) is 8.46. The fourth-order valence-electron chi connectivity index (χ4n) is 3.66. The topological polar surface area (TPSA) is 91.6 Å². The second kappa shape index (κ2) is 8.95. The van der Waals surface area contributed by atoms with Gasteiger partial charge in [0.1, 0.15) is 22.7 Å². The van der Waals surface area contributed by atoms with Gasteiger partial charge < -0.3 is 14.8 Å². The number of benzene rings is 2. The number of hydrogen-bond acceptors (Lipinski definition) is 6. The van der Waals surface area contributed by atoms with Crippen molar-refractivity contribution in [3.8, 4) is 17.2 Å². The van der Waals surface area contributed by atoms with Gasteiger partial charge >= 0.3 is 5.69 Å². The number of rotatable bonds is 6. The molecule has 1 N–H and O–H groups in total. The van der Waals surface area contributed by atoms with Crippen LogP contribution in [-0.4, -0.2) is 29.3 Å². The van der Waals surface area contributed by atoms with Gasteiger partial charge in [0.05, 0.1) is 31.1 Å². The first kappa shape index (κ1) is 22.3. The maximum atomic E-state index is 13.5. The number of aromatic nitrogens is 2. The number of methoxy groups -OCH3 is 2. The number of aryl methyl sites for hydroxylation is 2. The molecule has 0 aliphatic carbocycles. The Morgan fingerprint density at radius 1 is 1.03 bits per heavy atom. The van der Waals surface area contributed by atoms with E-state index in [1.54, 1.807) is 35.7 Å². The Balaban J connectivity index is 1.80. The van der Waals surface area contributed by atoms with Crippen LogP contribution in [-0.2, 0) is 11.3 Å². The van der Waals surface area contributed by atoms with Gasteiger partial charge in [0.15, 0.2) is 0 Å². The summed E-state index contributed by atoms with van der Waals surface area (Å²) < 4.78 is 13.4. The minimum atomic E-state index is -0.577. The van der Waals surface area contributed by atoms with Crippen LogP contribution >= 0.6 is 11.3 Å². The molecule has 4 rings (SSSR count). The number of nitrogens with zero attached hydrogens (tertiary/aromatic N) is 2. The molecule has 0 radical (unpaired) electrons. The molecule has 9 heteroatoms. The summed E-state index contributed by atoms with van der Waals surface area (Å²) in [7, 11) is 3.02. The maximum Gasteiger partial charge on any atom is 0.336 e. The van der Waals surface area contributed by atoms with Crippen LogP contribution in [0.3, 0.4) is 0 Å². The molecule has 0 saturated heterocycles. The Bertz CT molecular complexity index is 1480. The molecule has 0 atom stereocenters. The molecule has 2 heterocycles. The third-order valence-corrected chi connectivity index (χ3v) is 6.23. The zero-order chi connectivity index (χ0) is 23.7.